The summed E-state index contributed by atoms with van der Waals surface area (Å²) in [6, 6.07) is 14.2. The molecule has 0 aromatic heterocycles. The van der Waals surface area contributed by atoms with Crippen molar-refractivity contribution in [1.82, 2.24) is 10.7 Å². The Balaban J connectivity index is 1.72. The van der Waals surface area contributed by atoms with E-state index in [0.29, 0.717) is 17.9 Å². The van der Waals surface area contributed by atoms with Crippen LogP contribution in [0.5, 0.6) is 11.5 Å². The molecule has 0 spiro atoms. The molecule has 2 N–H and O–H groups in total. The van der Waals surface area contributed by atoms with Crippen molar-refractivity contribution < 1.29 is 19.1 Å². The zero-order chi connectivity index (χ0) is 20.2. The fourth-order valence-corrected chi connectivity index (χ4v) is 2.27. The van der Waals surface area contributed by atoms with Gasteiger partial charge in [-0.15, -0.1) is 0 Å². The highest BCUT2D eigenvalue weighted by Crippen LogP contribution is 2.12. The molecule has 0 atom stereocenters. The van der Waals surface area contributed by atoms with Crippen LogP contribution in [0.2, 0.25) is 0 Å². The molecule has 0 aliphatic carbocycles. The van der Waals surface area contributed by atoms with E-state index >= 15 is 0 Å². The minimum absolute atomic E-state index is 0.124. The number of nitrogens with zero attached hydrogens (tertiary/aromatic N) is 1. The molecule has 2 rings (SSSR count). The molecule has 0 saturated carbocycles. The average Bonchev–Trinajstić information content (AvgIpc) is 2.72. The summed E-state index contributed by atoms with van der Waals surface area (Å²) in [5.74, 6) is 0.905. The van der Waals surface area contributed by atoms with Crippen LogP contribution in [0.25, 0.3) is 0 Å². The number of carbonyl (C=O) groups is 2. The van der Waals surface area contributed by atoms with Gasteiger partial charge in [-0.1, -0.05) is 19.1 Å². The predicted octanol–water partition coefficient (Wildman–Crippen LogP) is 2.75. The maximum Gasteiger partial charge on any atom is 0.251 e. The highest BCUT2D eigenvalue weighted by molar-refractivity contribution is 5.94. The average molecular weight is 383 g/mol. The van der Waals surface area contributed by atoms with E-state index in [9.17, 15) is 9.59 Å². The van der Waals surface area contributed by atoms with E-state index < -0.39 is 0 Å². The van der Waals surface area contributed by atoms with Gasteiger partial charge in [0.2, 0.25) is 5.91 Å². The number of methoxy groups -OCH3 is 1. The molecule has 0 heterocycles. The van der Waals surface area contributed by atoms with E-state index in [1.54, 1.807) is 37.6 Å². The van der Waals surface area contributed by atoms with Crippen LogP contribution in [-0.4, -0.2) is 38.3 Å². The Morgan fingerprint density at radius 3 is 2.61 bits per heavy atom. The number of rotatable bonds is 10. The summed E-state index contributed by atoms with van der Waals surface area (Å²) < 4.78 is 10.6. The third-order valence-electron chi connectivity index (χ3n) is 3.72. The molecule has 7 heteroatoms. The van der Waals surface area contributed by atoms with Crippen LogP contribution >= 0.6 is 0 Å². The van der Waals surface area contributed by atoms with Crippen molar-refractivity contribution in [3.63, 3.8) is 0 Å². The molecule has 28 heavy (non-hydrogen) atoms. The fraction of sp³-hybridized carbons (Fsp3) is 0.286. The minimum Gasteiger partial charge on any atom is -0.497 e. The van der Waals surface area contributed by atoms with Gasteiger partial charge in [0, 0.05) is 18.5 Å². The highest BCUT2D eigenvalue weighted by Gasteiger charge is 2.06. The van der Waals surface area contributed by atoms with Crippen molar-refractivity contribution in [2.75, 3.05) is 20.3 Å². The molecule has 0 fully saturated rings. The first-order valence-electron chi connectivity index (χ1n) is 9.09. The molecule has 2 amide bonds. The first kappa shape index (κ1) is 21.0. The summed E-state index contributed by atoms with van der Waals surface area (Å²) in [6.07, 6.45) is 2.61. The van der Waals surface area contributed by atoms with Gasteiger partial charge in [0.15, 0.2) is 0 Å². The van der Waals surface area contributed by atoms with Gasteiger partial charge in [0.1, 0.15) is 11.5 Å². The lowest BCUT2D eigenvalue weighted by molar-refractivity contribution is -0.120. The van der Waals surface area contributed by atoms with E-state index in [1.807, 2.05) is 31.2 Å². The number of hydrazone groups is 1. The normalized spacial score (nSPS) is 10.5. The lowest BCUT2D eigenvalue weighted by Crippen LogP contribution is -2.29. The van der Waals surface area contributed by atoms with E-state index in [-0.39, 0.29) is 24.8 Å². The molecule has 2 aromatic rings. The Bertz CT molecular complexity index is 804. The van der Waals surface area contributed by atoms with Crippen LogP contribution in [0.1, 0.15) is 35.7 Å². The zero-order valence-corrected chi connectivity index (χ0v) is 16.1. The number of amides is 2. The zero-order valence-electron chi connectivity index (χ0n) is 16.1. The van der Waals surface area contributed by atoms with Gasteiger partial charge in [0.25, 0.3) is 5.91 Å². The first-order valence-corrected chi connectivity index (χ1v) is 9.09. The van der Waals surface area contributed by atoms with Gasteiger partial charge in [-0.3, -0.25) is 9.59 Å². The van der Waals surface area contributed by atoms with Crippen LogP contribution in [-0.2, 0) is 4.79 Å². The molecule has 0 aliphatic heterocycles. The largest absolute Gasteiger partial charge is 0.497 e. The molecular formula is C21H25N3O4. The molecule has 0 saturated heterocycles. The second-order valence-electron chi connectivity index (χ2n) is 5.95. The predicted molar refractivity (Wildman–Crippen MR) is 108 cm³/mol. The van der Waals surface area contributed by atoms with Crippen molar-refractivity contribution in [2.24, 2.45) is 5.10 Å². The Morgan fingerprint density at radius 2 is 1.89 bits per heavy atom. The topological polar surface area (TPSA) is 89.0 Å². The van der Waals surface area contributed by atoms with Crippen molar-refractivity contribution in [3.05, 3.63) is 59.7 Å². The summed E-state index contributed by atoms with van der Waals surface area (Å²) in [7, 11) is 1.56. The molecule has 0 radical (unpaired) electrons. The lowest BCUT2D eigenvalue weighted by Gasteiger charge is -2.06. The SMILES string of the molecule is CCCOc1cccc(C=NNC(=O)CCNC(=O)c2ccc(OC)cc2)c1. The Labute approximate surface area is 164 Å². The number of ether oxygens (including phenoxy) is 2. The summed E-state index contributed by atoms with van der Waals surface area (Å²) in [5, 5.41) is 6.62. The van der Waals surface area contributed by atoms with Gasteiger partial charge >= 0.3 is 0 Å². The van der Waals surface area contributed by atoms with Gasteiger partial charge in [-0.2, -0.15) is 5.10 Å². The number of nitrogens with one attached hydrogen (secondary N) is 2. The summed E-state index contributed by atoms with van der Waals surface area (Å²) in [6.45, 7) is 2.91. The maximum absolute atomic E-state index is 12.0. The molecule has 7 nitrogen and oxygen atoms in total. The van der Waals surface area contributed by atoms with E-state index in [1.165, 1.54) is 0 Å². The third kappa shape index (κ3) is 7.11. The molecule has 0 unspecified atom stereocenters. The Hall–Kier alpha value is -3.35. The Kier molecular flexibility index (Phi) is 8.52. The van der Waals surface area contributed by atoms with E-state index in [4.69, 9.17) is 9.47 Å². The maximum atomic E-state index is 12.0. The van der Waals surface area contributed by atoms with Gasteiger partial charge in [-0.05, 0) is 48.4 Å². The van der Waals surface area contributed by atoms with Crippen molar-refractivity contribution in [2.45, 2.75) is 19.8 Å². The smallest absolute Gasteiger partial charge is 0.251 e. The first-order chi connectivity index (χ1) is 13.6. The standard InChI is InChI=1S/C21H25N3O4/c1-3-13-28-19-6-4-5-16(14-19)15-23-24-20(25)11-12-22-21(26)17-7-9-18(27-2)10-8-17/h4-10,14-15H,3,11-13H2,1-2H3,(H,22,26)(H,24,25). The minimum atomic E-state index is -0.287. The molecule has 148 valence electrons. The van der Waals surface area contributed by atoms with Crippen LogP contribution < -0.4 is 20.2 Å². The summed E-state index contributed by atoms with van der Waals surface area (Å²) in [4.78, 5) is 23.8. The third-order valence-corrected chi connectivity index (χ3v) is 3.72. The Morgan fingerprint density at radius 1 is 1.11 bits per heavy atom. The van der Waals surface area contributed by atoms with Gasteiger partial charge in [-0.25, -0.2) is 5.43 Å². The second-order valence-corrected chi connectivity index (χ2v) is 5.95. The quantitative estimate of drug-likeness (QED) is 0.488. The number of benzene rings is 2. The van der Waals surface area contributed by atoms with Crippen LogP contribution in [0, 0.1) is 0 Å². The monoisotopic (exact) mass is 383 g/mol. The number of hydrogen-bond acceptors (Lipinski definition) is 5. The second kappa shape index (κ2) is 11.4. The van der Waals surface area contributed by atoms with Gasteiger partial charge < -0.3 is 14.8 Å². The van der Waals surface area contributed by atoms with Crippen LogP contribution in [0.3, 0.4) is 0 Å². The van der Waals surface area contributed by atoms with Crippen LogP contribution in [0.15, 0.2) is 53.6 Å². The van der Waals surface area contributed by atoms with Crippen molar-refractivity contribution in [3.8, 4) is 11.5 Å². The lowest BCUT2D eigenvalue weighted by atomic mass is 10.2. The molecule has 0 aliphatic rings. The number of hydrogen-bond donors (Lipinski definition) is 2. The van der Waals surface area contributed by atoms with Crippen LogP contribution in [0.4, 0.5) is 0 Å². The number of carbonyl (C=O) groups excluding carboxylic acids is 2. The van der Waals surface area contributed by atoms with Crippen molar-refractivity contribution >= 4 is 18.0 Å². The van der Waals surface area contributed by atoms with Gasteiger partial charge in [0.05, 0.1) is 19.9 Å². The van der Waals surface area contributed by atoms with E-state index in [0.717, 1.165) is 17.7 Å². The summed E-state index contributed by atoms with van der Waals surface area (Å²) in [5.41, 5.74) is 3.77. The fourth-order valence-electron chi connectivity index (χ4n) is 2.27. The van der Waals surface area contributed by atoms with E-state index in [2.05, 4.69) is 15.8 Å². The van der Waals surface area contributed by atoms with Crippen molar-refractivity contribution in [1.29, 1.82) is 0 Å². The molecule has 0 bridgehead atoms. The molecule has 2 aromatic carbocycles. The highest BCUT2D eigenvalue weighted by atomic mass is 16.5. The summed E-state index contributed by atoms with van der Waals surface area (Å²) >= 11 is 0. The molecular weight excluding hydrogens is 358 g/mol.